The Labute approximate surface area is 272 Å². The van der Waals surface area contributed by atoms with E-state index < -0.39 is 11.9 Å². The Morgan fingerprint density at radius 2 is 1.61 bits per heavy atom. The molecule has 1 aliphatic heterocycles. The number of hydrogen-bond donors (Lipinski definition) is 1. The van der Waals surface area contributed by atoms with Crippen LogP contribution in [0, 0.1) is 5.92 Å². The zero-order chi connectivity index (χ0) is 31.5. The van der Waals surface area contributed by atoms with Crippen molar-refractivity contribution >= 4 is 40.4 Å². The van der Waals surface area contributed by atoms with E-state index in [-0.39, 0.29) is 17.7 Å². The molecule has 1 heterocycles. The Morgan fingerprint density at radius 1 is 0.848 bits per heavy atom. The van der Waals surface area contributed by atoms with Gasteiger partial charge in [0.2, 0.25) is 0 Å². The number of nitrogens with one attached hydrogen (secondary N) is 1. The number of Topliss-reactive ketones (excluding diaryl/α,β-unsaturated/α-hetero) is 1. The van der Waals surface area contributed by atoms with Crippen LogP contribution in [0.25, 0.3) is 0 Å². The molecule has 0 radical (unpaired) electrons. The number of benzene rings is 5. The van der Waals surface area contributed by atoms with Crippen LogP contribution in [0.3, 0.4) is 0 Å². The quantitative estimate of drug-likeness (QED) is 0.144. The maximum absolute atomic E-state index is 14.2. The van der Waals surface area contributed by atoms with E-state index in [0.717, 1.165) is 33.8 Å². The molecule has 7 rings (SSSR count). The van der Waals surface area contributed by atoms with Gasteiger partial charge in [-0.3, -0.25) is 4.79 Å². The zero-order valence-electron chi connectivity index (χ0n) is 24.9. The maximum Gasteiger partial charge on any atom is 0.343 e. The van der Waals surface area contributed by atoms with E-state index >= 15 is 0 Å². The first-order chi connectivity index (χ1) is 22.5. The summed E-state index contributed by atoms with van der Waals surface area (Å²) in [7, 11) is 0. The molecule has 0 amide bonds. The number of carbonyl (C=O) groups excluding carboxylic acids is 2. The highest BCUT2D eigenvalue weighted by Crippen LogP contribution is 2.43. The number of anilines is 1. The molecule has 0 bridgehead atoms. The summed E-state index contributed by atoms with van der Waals surface area (Å²) < 4.78 is 12.0. The van der Waals surface area contributed by atoms with Crippen molar-refractivity contribution in [3.05, 3.63) is 155 Å². The van der Waals surface area contributed by atoms with Crippen LogP contribution in [0.2, 0.25) is 5.02 Å². The molecule has 0 aromatic heterocycles. The minimum atomic E-state index is -0.497. The monoisotopic (exact) mass is 626 g/mol. The van der Waals surface area contributed by atoms with E-state index in [9.17, 15) is 9.59 Å². The van der Waals surface area contributed by atoms with Crippen LogP contribution in [0.5, 0.6) is 11.5 Å². The number of fused-ring (bicyclic) bond motifs is 2. The molecule has 7 heteroatoms. The van der Waals surface area contributed by atoms with Gasteiger partial charge in [-0.25, -0.2) is 9.79 Å². The highest BCUT2D eigenvalue weighted by Gasteiger charge is 2.42. The lowest BCUT2D eigenvalue weighted by Crippen LogP contribution is -2.44. The normalized spacial score (nSPS) is 18.7. The molecule has 6 nitrogen and oxygen atoms in total. The van der Waals surface area contributed by atoms with Crippen LogP contribution in [0.4, 0.5) is 11.4 Å². The molecule has 0 spiro atoms. The van der Waals surface area contributed by atoms with Gasteiger partial charge in [-0.1, -0.05) is 84.4 Å². The van der Waals surface area contributed by atoms with Crippen LogP contribution in [0.1, 0.15) is 45.8 Å². The Hall–Kier alpha value is -5.20. The molecule has 0 saturated heterocycles. The standard InChI is InChI=1S/C39H31ClN2O4/c40-29-19-17-26(18-20-29)39(44)46-30-12-8-11-27(21-30)38-37-34(41-32-14-5-6-15-33(32)42-38)22-28(23-35(37)43)31-13-4-7-16-36(31)45-24-25-9-2-1-3-10-25/h1-21,28,34,37,41H,22-24H2/t28-,34?,37?/m0/s1. The lowest BCUT2D eigenvalue weighted by atomic mass is 9.71. The number of halogens is 1. The highest BCUT2D eigenvalue weighted by atomic mass is 35.5. The van der Waals surface area contributed by atoms with Gasteiger partial charge in [-0.15, -0.1) is 0 Å². The first-order valence-corrected chi connectivity index (χ1v) is 15.7. The summed E-state index contributed by atoms with van der Waals surface area (Å²) in [6.45, 7) is 0.450. The number of rotatable bonds is 7. The van der Waals surface area contributed by atoms with Crippen molar-refractivity contribution in [1.82, 2.24) is 0 Å². The van der Waals surface area contributed by atoms with E-state index in [2.05, 4.69) is 11.4 Å². The minimum Gasteiger partial charge on any atom is -0.489 e. The number of ketones is 1. The number of aliphatic imine (C=N–C) groups is 1. The van der Waals surface area contributed by atoms with Crippen molar-refractivity contribution in [2.24, 2.45) is 10.9 Å². The maximum atomic E-state index is 14.2. The van der Waals surface area contributed by atoms with Gasteiger partial charge in [0.15, 0.2) is 0 Å². The average Bonchev–Trinajstić information content (AvgIpc) is 3.25. The third-order valence-corrected chi connectivity index (χ3v) is 8.78. The van der Waals surface area contributed by atoms with Gasteiger partial charge in [-0.2, -0.15) is 0 Å². The van der Waals surface area contributed by atoms with E-state index in [1.54, 1.807) is 36.4 Å². The van der Waals surface area contributed by atoms with Gasteiger partial charge in [0, 0.05) is 23.0 Å². The van der Waals surface area contributed by atoms with Gasteiger partial charge in [0.1, 0.15) is 23.9 Å². The number of esters is 1. The molecule has 2 aliphatic rings. The summed E-state index contributed by atoms with van der Waals surface area (Å²) in [6.07, 6.45) is 1.07. The van der Waals surface area contributed by atoms with Gasteiger partial charge >= 0.3 is 5.97 Å². The van der Waals surface area contributed by atoms with E-state index in [4.69, 9.17) is 26.1 Å². The molecule has 3 atom stereocenters. The second kappa shape index (κ2) is 13.0. The summed E-state index contributed by atoms with van der Waals surface area (Å²) in [6, 6.07) is 39.5. The van der Waals surface area contributed by atoms with E-state index in [1.165, 1.54) is 0 Å². The molecular weight excluding hydrogens is 596 g/mol. The first-order valence-electron chi connectivity index (χ1n) is 15.3. The van der Waals surface area contributed by atoms with Crippen LogP contribution in [-0.2, 0) is 11.4 Å². The van der Waals surface area contributed by atoms with Crippen LogP contribution in [0.15, 0.2) is 132 Å². The summed E-state index contributed by atoms with van der Waals surface area (Å²) in [5.74, 6) is 0.233. The zero-order valence-corrected chi connectivity index (χ0v) is 25.7. The van der Waals surface area contributed by atoms with Crippen LogP contribution < -0.4 is 14.8 Å². The first kappa shape index (κ1) is 29.5. The number of ether oxygens (including phenoxy) is 2. The minimum absolute atomic E-state index is 0.0357. The third kappa shape index (κ3) is 6.30. The van der Waals surface area contributed by atoms with Crippen molar-refractivity contribution in [1.29, 1.82) is 0 Å². The summed E-state index contributed by atoms with van der Waals surface area (Å²) in [4.78, 5) is 32.1. The van der Waals surface area contributed by atoms with Crippen molar-refractivity contribution in [3.8, 4) is 11.5 Å². The van der Waals surface area contributed by atoms with Crippen molar-refractivity contribution in [3.63, 3.8) is 0 Å². The largest absolute Gasteiger partial charge is 0.489 e. The van der Waals surface area contributed by atoms with Crippen molar-refractivity contribution in [2.75, 3.05) is 5.32 Å². The van der Waals surface area contributed by atoms with E-state index in [1.807, 2.05) is 84.9 Å². The van der Waals surface area contributed by atoms with Crippen molar-refractivity contribution in [2.45, 2.75) is 31.4 Å². The molecular formula is C39H31ClN2O4. The fraction of sp³-hybridized carbons (Fsp3) is 0.154. The second-order valence-corrected chi connectivity index (χ2v) is 12.0. The van der Waals surface area contributed by atoms with Crippen LogP contribution in [-0.4, -0.2) is 23.5 Å². The topological polar surface area (TPSA) is 77.0 Å². The molecule has 228 valence electrons. The van der Waals surface area contributed by atoms with E-state index in [0.29, 0.717) is 41.5 Å². The molecule has 1 fully saturated rings. The molecule has 1 aliphatic carbocycles. The Kier molecular flexibility index (Phi) is 8.36. The van der Waals surface area contributed by atoms with Gasteiger partial charge in [-0.05, 0) is 78.1 Å². The number of hydrogen-bond acceptors (Lipinski definition) is 6. The van der Waals surface area contributed by atoms with Crippen molar-refractivity contribution < 1.29 is 19.1 Å². The number of para-hydroxylation sites is 3. The molecule has 1 saturated carbocycles. The van der Waals surface area contributed by atoms with Gasteiger partial charge in [0.25, 0.3) is 0 Å². The average molecular weight is 627 g/mol. The second-order valence-electron chi connectivity index (χ2n) is 11.6. The molecule has 5 aromatic carbocycles. The number of carbonyl (C=O) groups is 2. The number of nitrogens with zero attached hydrogens (tertiary/aromatic N) is 1. The lowest BCUT2D eigenvalue weighted by molar-refractivity contribution is -0.123. The smallest absolute Gasteiger partial charge is 0.343 e. The highest BCUT2D eigenvalue weighted by molar-refractivity contribution is 6.30. The lowest BCUT2D eigenvalue weighted by Gasteiger charge is -2.36. The fourth-order valence-electron chi connectivity index (χ4n) is 6.33. The Balaban J connectivity index is 1.18. The molecule has 2 unspecified atom stereocenters. The molecule has 5 aromatic rings. The van der Waals surface area contributed by atoms with Crippen LogP contribution >= 0.6 is 11.6 Å². The molecule has 46 heavy (non-hydrogen) atoms. The van der Waals surface area contributed by atoms with Gasteiger partial charge in [0.05, 0.1) is 28.6 Å². The Bertz CT molecular complexity index is 1920. The summed E-state index contributed by atoms with van der Waals surface area (Å²) in [5, 5.41) is 4.21. The predicted octanol–water partition coefficient (Wildman–Crippen LogP) is 8.82. The summed E-state index contributed by atoms with van der Waals surface area (Å²) >= 11 is 5.98. The van der Waals surface area contributed by atoms with Gasteiger partial charge < -0.3 is 14.8 Å². The fourth-order valence-corrected chi connectivity index (χ4v) is 6.46. The Morgan fingerprint density at radius 3 is 2.46 bits per heavy atom. The summed E-state index contributed by atoms with van der Waals surface area (Å²) in [5.41, 5.74) is 5.52. The predicted molar refractivity (Wildman–Crippen MR) is 181 cm³/mol. The molecule has 1 N–H and O–H groups in total. The third-order valence-electron chi connectivity index (χ3n) is 8.53. The SMILES string of the molecule is O=C(Oc1cccc(C2=Nc3ccccc3NC3C[C@H](c4ccccc4OCc4ccccc4)CC(=O)C23)c1)c1ccc(Cl)cc1.